The van der Waals surface area contributed by atoms with Crippen molar-refractivity contribution in [1.29, 1.82) is 0 Å². The van der Waals surface area contributed by atoms with Crippen molar-refractivity contribution in [2.75, 3.05) is 0 Å². The molecule has 0 aliphatic rings. The molecule has 7 aromatic rings. The van der Waals surface area contributed by atoms with Crippen LogP contribution in [-0.4, -0.2) is 44.3 Å². The topological polar surface area (TPSA) is 149 Å². The Labute approximate surface area is 236 Å². The van der Waals surface area contributed by atoms with Crippen LogP contribution in [0.15, 0.2) is 97.1 Å². The fourth-order valence-electron chi connectivity index (χ4n) is 5.89. The summed E-state index contributed by atoms with van der Waals surface area (Å²) in [5.74, 6) is -6.98. The van der Waals surface area contributed by atoms with Gasteiger partial charge in [0.2, 0.25) is 0 Å². The minimum Gasteiger partial charge on any atom is -0.478 e. The third-order valence-corrected chi connectivity index (χ3v) is 7.46. The molecule has 0 heterocycles. The maximum atomic E-state index is 11.4. The van der Waals surface area contributed by atoms with Gasteiger partial charge in [-0.05, 0) is 53.9 Å². The molecule has 204 valence electrons. The maximum Gasteiger partial charge on any atom is 0.337 e. The molecule has 8 nitrogen and oxygen atoms in total. The van der Waals surface area contributed by atoms with Gasteiger partial charge in [0.1, 0.15) is 0 Å². The second kappa shape index (κ2) is 9.87. The fraction of sp³-hybridized carbons (Fsp3) is 0. The average molecular weight is 557 g/mol. The van der Waals surface area contributed by atoms with Crippen LogP contribution in [0.3, 0.4) is 0 Å². The van der Waals surface area contributed by atoms with Crippen molar-refractivity contribution in [3.05, 3.63) is 119 Å². The molecule has 0 saturated carbocycles. The lowest BCUT2D eigenvalue weighted by atomic mass is 9.88. The number of rotatable bonds is 4. The van der Waals surface area contributed by atoms with Crippen LogP contribution in [0.25, 0.3) is 53.9 Å². The van der Waals surface area contributed by atoms with Crippen molar-refractivity contribution in [3.8, 4) is 0 Å². The summed E-state index contributed by atoms with van der Waals surface area (Å²) in [6.45, 7) is 0. The van der Waals surface area contributed by atoms with E-state index in [9.17, 15) is 39.6 Å². The molecule has 0 aromatic heterocycles. The number of hydrogen-bond acceptors (Lipinski definition) is 4. The van der Waals surface area contributed by atoms with E-state index in [1.54, 1.807) is 0 Å². The Bertz CT molecular complexity index is 2020. The minimum absolute atomic E-state index is 0.158. The molecule has 0 unspecified atom stereocenters. The molecule has 0 aliphatic carbocycles. The van der Waals surface area contributed by atoms with Gasteiger partial charge in [0.25, 0.3) is 0 Å². The predicted molar refractivity (Wildman–Crippen MR) is 159 cm³/mol. The molecule has 0 aliphatic heterocycles. The molecule has 7 aromatic carbocycles. The molecule has 0 fully saturated rings. The molecule has 4 N–H and O–H groups in total. The fourth-order valence-corrected chi connectivity index (χ4v) is 5.89. The molecule has 0 radical (unpaired) electrons. The van der Waals surface area contributed by atoms with Crippen LogP contribution in [0.2, 0.25) is 0 Å². The van der Waals surface area contributed by atoms with Crippen molar-refractivity contribution in [3.63, 3.8) is 0 Å². The third kappa shape index (κ3) is 3.93. The van der Waals surface area contributed by atoms with Crippen LogP contribution in [0.4, 0.5) is 0 Å². The first-order chi connectivity index (χ1) is 20.2. The second-order valence-corrected chi connectivity index (χ2v) is 9.68. The van der Waals surface area contributed by atoms with Gasteiger partial charge >= 0.3 is 23.9 Å². The Balaban J connectivity index is 0.000000150. The lowest BCUT2D eigenvalue weighted by Gasteiger charge is -2.14. The van der Waals surface area contributed by atoms with E-state index in [1.165, 1.54) is 67.4 Å². The van der Waals surface area contributed by atoms with Gasteiger partial charge in [-0.2, -0.15) is 0 Å². The Kier molecular flexibility index (Phi) is 6.16. The Morgan fingerprint density at radius 3 is 0.857 bits per heavy atom. The van der Waals surface area contributed by atoms with E-state index < -0.39 is 46.1 Å². The van der Waals surface area contributed by atoms with Crippen LogP contribution >= 0.6 is 0 Å². The molecule has 0 saturated heterocycles. The number of hydrogen-bond donors (Lipinski definition) is 4. The Hall–Kier alpha value is -6.02. The van der Waals surface area contributed by atoms with E-state index in [0.29, 0.717) is 0 Å². The zero-order chi connectivity index (χ0) is 29.7. The van der Waals surface area contributed by atoms with Gasteiger partial charge in [0, 0.05) is 0 Å². The standard InChI is InChI=1S/C20H12.C14H8O8/c1-5-13-6-2-11-17-18-12-4-8-14-7-3-10-16(20(14)18)15(9-1)19(13)17;15-11(16)7-5-3-1-2-4-6(5)8(12(17)18)10(14(21)22)9(7)13(19)20/h1-12H;1-4H,(H,15,16)(H,17,18)(H,19,20)(H,21,22). The Morgan fingerprint density at radius 2 is 0.595 bits per heavy atom. The highest BCUT2D eigenvalue weighted by Gasteiger charge is 2.33. The maximum absolute atomic E-state index is 11.4. The summed E-state index contributed by atoms with van der Waals surface area (Å²) in [6, 6.07) is 31.7. The van der Waals surface area contributed by atoms with Gasteiger partial charge in [-0.15, -0.1) is 0 Å². The molecule has 0 atom stereocenters. The quantitative estimate of drug-likeness (QED) is 0.130. The average Bonchev–Trinajstić information content (AvgIpc) is 2.98. The van der Waals surface area contributed by atoms with Gasteiger partial charge in [-0.25, -0.2) is 19.2 Å². The molecular weight excluding hydrogens is 536 g/mol. The van der Waals surface area contributed by atoms with Crippen LogP contribution < -0.4 is 0 Å². The molecule has 8 heteroatoms. The number of aromatic carboxylic acids is 4. The summed E-state index contributed by atoms with van der Waals surface area (Å²) in [7, 11) is 0. The predicted octanol–water partition coefficient (Wildman–Crippen LogP) is 7.37. The van der Waals surface area contributed by atoms with Gasteiger partial charge < -0.3 is 20.4 Å². The largest absolute Gasteiger partial charge is 0.478 e. The van der Waals surface area contributed by atoms with Gasteiger partial charge in [0.05, 0.1) is 22.3 Å². The first kappa shape index (κ1) is 26.2. The SMILES string of the molecule is O=C(O)c1c(C(=O)O)c(C(=O)O)c2ccccc2c1C(=O)O.c1cc2cccc3c4cccc5cccc(c(c1)c23)c54. The number of carbonyl (C=O) groups is 4. The summed E-state index contributed by atoms with van der Waals surface area (Å²) in [5, 5.41) is 47.4. The van der Waals surface area contributed by atoms with E-state index in [0.717, 1.165) is 0 Å². The van der Waals surface area contributed by atoms with E-state index in [-0.39, 0.29) is 10.8 Å². The molecular formula is C34H20O8. The number of carboxylic acid groups (broad SMARTS) is 4. The van der Waals surface area contributed by atoms with E-state index >= 15 is 0 Å². The van der Waals surface area contributed by atoms with Crippen molar-refractivity contribution in [2.45, 2.75) is 0 Å². The highest BCUT2D eigenvalue weighted by molar-refractivity contribution is 6.32. The molecule has 0 bridgehead atoms. The highest BCUT2D eigenvalue weighted by Crippen LogP contribution is 2.39. The molecule has 7 rings (SSSR count). The molecule has 0 amide bonds. The Morgan fingerprint density at radius 1 is 0.333 bits per heavy atom. The highest BCUT2D eigenvalue weighted by atomic mass is 16.4. The smallest absolute Gasteiger partial charge is 0.337 e. The lowest BCUT2D eigenvalue weighted by Crippen LogP contribution is -2.20. The van der Waals surface area contributed by atoms with Crippen molar-refractivity contribution in [1.82, 2.24) is 0 Å². The summed E-state index contributed by atoms with van der Waals surface area (Å²) in [6.07, 6.45) is 0. The van der Waals surface area contributed by atoms with Crippen LogP contribution in [0.5, 0.6) is 0 Å². The van der Waals surface area contributed by atoms with Crippen LogP contribution in [0, 0.1) is 0 Å². The van der Waals surface area contributed by atoms with E-state index in [4.69, 9.17) is 0 Å². The van der Waals surface area contributed by atoms with Gasteiger partial charge in [0.15, 0.2) is 0 Å². The lowest BCUT2D eigenvalue weighted by molar-refractivity contribution is 0.0621. The minimum atomic E-state index is -1.83. The zero-order valence-corrected chi connectivity index (χ0v) is 21.7. The van der Waals surface area contributed by atoms with Gasteiger partial charge in [-0.3, -0.25) is 0 Å². The van der Waals surface area contributed by atoms with Gasteiger partial charge in [-0.1, -0.05) is 97.1 Å². The van der Waals surface area contributed by atoms with E-state index in [1.807, 2.05) is 0 Å². The second-order valence-electron chi connectivity index (χ2n) is 9.68. The summed E-state index contributed by atoms with van der Waals surface area (Å²) >= 11 is 0. The summed E-state index contributed by atoms with van der Waals surface area (Å²) in [5.41, 5.74) is -3.64. The van der Waals surface area contributed by atoms with E-state index in [2.05, 4.69) is 72.8 Å². The normalized spacial score (nSPS) is 11.1. The summed E-state index contributed by atoms with van der Waals surface area (Å²) in [4.78, 5) is 45.5. The van der Waals surface area contributed by atoms with Crippen LogP contribution in [-0.2, 0) is 0 Å². The monoisotopic (exact) mass is 556 g/mol. The van der Waals surface area contributed by atoms with Crippen molar-refractivity contribution < 1.29 is 39.6 Å². The zero-order valence-electron chi connectivity index (χ0n) is 21.7. The molecule has 0 spiro atoms. The third-order valence-electron chi connectivity index (χ3n) is 7.46. The summed E-state index contributed by atoms with van der Waals surface area (Å²) < 4.78 is 0. The number of carboxylic acids is 4. The number of fused-ring (bicyclic) bond motifs is 3. The first-order valence-electron chi connectivity index (χ1n) is 12.8. The molecule has 42 heavy (non-hydrogen) atoms. The van der Waals surface area contributed by atoms with Crippen molar-refractivity contribution in [2.24, 2.45) is 0 Å². The van der Waals surface area contributed by atoms with Crippen molar-refractivity contribution >= 4 is 77.7 Å². The van der Waals surface area contributed by atoms with Crippen LogP contribution in [0.1, 0.15) is 41.4 Å². The first-order valence-corrected chi connectivity index (χ1v) is 12.8. The number of benzene rings is 7.